The normalized spacial score (nSPS) is 10.2. The number of aryl methyl sites for hydroxylation is 2. The molecule has 0 spiro atoms. The monoisotopic (exact) mass is 360 g/mol. The molecule has 0 aliphatic heterocycles. The third kappa shape index (κ3) is 5.22. The number of benzene rings is 2. The summed E-state index contributed by atoms with van der Waals surface area (Å²) in [5, 5.41) is 6.13. The van der Waals surface area contributed by atoms with Gasteiger partial charge in [-0.25, -0.2) is 0 Å². The van der Waals surface area contributed by atoms with Gasteiger partial charge in [0.1, 0.15) is 5.75 Å². The van der Waals surface area contributed by atoms with Crippen molar-refractivity contribution < 1.29 is 14.3 Å². The summed E-state index contributed by atoms with van der Waals surface area (Å²) in [7, 11) is 0. The second kappa shape index (κ2) is 8.53. The van der Waals surface area contributed by atoms with Crippen molar-refractivity contribution in [1.82, 2.24) is 5.32 Å². The first kappa shape index (κ1) is 18.8. The molecule has 0 aliphatic rings. The molecule has 0 atom stereocenters. The Morgan fingerprint density at radius 2 is 1.80 bits per heavy atom. The van der Waals surface area contributed by atoms with Gasteiger partial charge in [0, 0.05) is 22.8 Å². The molecule has 0 aromatic heterocycles. The second-order valence-corrected chi connectivity index (χ2v) is 6.03. The number of anilines is 1. The molecule has 0 bridgehead atoms. The molecule has 2 aromatic carbocycles. The SMILES string of the molecule is CCNC(=O)c1cccc(NC(=O)COc2cc(C)c(Cl)c(C)c2)c1. The summed E-state index contributed by atoms with van der Waals surface area (Å²) >= 11 is 6.11. The fourth-order valence-corrected chi connectivity index (χ4v) is 2.45. The Morgan fingerprint density at radius 1 is 1.12 bits per heavy atom. The number of ether oxygens (including phenoxy) is 1. The number of halogens is 1. The van der Waals surface area contributed by atoms with Crippen LogP contribution in [-0.2, 0) is 4.79 Å². The Labute approximate surface area is 152 Å². The number of hydrogen-bond acceptors (Lipinski definition) is 3. The highest BCUT2D eigenvalue weighted by Crippen LogP contribution is 2.25. The highest BCUT2D eigenvalue weighted by atomic mass is 35.5. The molecule has 0 aliphatic carbocycles. The molecule has 2 N–H and O–H groups in total. The minimum Gasteiger partial charge on any atom is -0.484 e. The van der Waals surface area contributed by atoms with Gasteiger partial charge in [-0.2, -0.15) is 0 Å². The molecule has 0 unspecified atom stereocenters. The van der Waals surface area contributed by atoms with Crippen molar-refractivity contribution >= 4 is 29.1 Å². The maximum Gasteiger partial charge on any atom is 0.262 e. The van der Waals surface area contributed by atoms with E-state index in [0.717, 1.165) is 11.1 Å². The molecule has 5 nitrogen and oxygen atoms in total. The Balaban J connectivity index is 1.96. The van der Waals surface area contributed by atoms with Crippen molar-refractivity contribution in [1.29, 1.82) is 0 Å². The number of hydrogen-bond donors (Lipinski definition) is 2. The highest BCUT2D eigenvalue weighted by molar-refractivity contribution is 6.32. The van der Waals surface area contributed by atoms with Crippen molar-refractivity contribution in [2.75, 3.05) is 18.5 Å². The van der Waals surface area contributed by atoms with Crippen molar-refractivity contribution in [3.8, 4) is 5.75 Å². The summed E-state index contributed by atoms with van der Waals surface area (Å²) in [5.74, 6) is 0.103. The van der Waals surface area contributed by atoms with Gasteiger partial charge in [0.05, 0.1) is 0 Å². The molecule has 2 aromatic rings. The molecule has 0 fully saturated rings. The van der Waals surface area contributed by atoms with Crippen LogP contribution in [0, 0.1) is 13.8 Å². The predicted molar refractivity (Wildman–Crippen MR) is 99.5 cm³/mol. The Hall–Kier alpha value is -2.53. The van der Waals surface area contributed by atoms with Gasteiger partial charge in [-0.15, -0.1) is 0 Å². The Kier molecular flexibility index (Phi) is 6.42. The largest absolute Gasteiger partial charge is 0.484 e. The van der Waals surface area contributed by atoms with E-state index < -0.39 is 0 Å². The van der Waals surface area contributed by atoms with E-state index >= 15 is 0 Å². The van der Waals surface area contributed by atoms with Gasteiger partial charge in [-0.05, 0) is 62.2 Å². The van der Waals surface area contributed by atoms with E-state index in [1.54, 1.807) is 36.4 Å². The van der Waals surface area contributed by atoms with Crippen LogP contribution < -0.4 is 15.4 Å². The first-order chi connectivity index (χ1) is 11.9. The van der Waals surface area contributed by atoms with Gasteiger partial charge >= 0.3 is 0 Å². The molecular formula is C19H21ClN2O3. The van der Waals surface area contributed by atoms with Crippen LogP contribution in [0.1, 0.15) is 28.4 Å². The quantitative estimate of drug-likeness (QED) is 0.824. The van der Waals surface area contributed by atoms with Crippen molar-refractivity contribution in [2.24, 2.45) is 0 Å². The first-order valence-corrected chi connectivity index (χ1v) is 8.36. The van der Waals surface area contributed by atoms with Crippen LogP contribution in [0.4, 0.5) is 5.69 Å². The lowest BCUT2D eigenvalue weighted by atomic mass is 10.1. The molecule has 2 rings (SSSR count). The van der Waals surface area contributed by atoms with E-state index in [-0.39, 0.29) is 18.4 Å². The van der Waals surface area contributed by atoms with E-state index in [2.05, 4.69) is 10.6 Å². The molecule has 25 heavy (non-hydrogen) atoms. The third-order valence-corrected chi connectivity index (χ3v) is 4.12. The summed E-state index contributed by atoms with van der Waals surface area (Å²) < 4.78 is 5.52. The molecule has 0 saturated carbocycles. The van der Waals surface area contributed by atoms with E-state index in [1.165, 1.54) is 0 Å². The number of carbonyl (C=O) groups excluding carboxylic acids is 2. The molecular weight excluding hydrogens is 340 g/mol. The lowest BCUT2D eigenvalue weighted by Gasteiger charge is -2.11. The third-order valence-electron chi connectivity index (χ3n) is 3.53. The zero-order valence-electron chi connectivity index (χ0n) is 14.5. The Bertz CT molecular complexity index is 767. The van der Waals surface area contributed by atoms with Gasteiger partial charge < -0.3 is 15.4 Å². The predicted octanol–water partition coefficient (Wildman–Crippen LogP) is 3.72. The minimum atomic E-state index is -0.307. The average molecular weight is 361 g/mol. The van der Waals surface area contributed by atoms with Crippen LogP contribution in [0.5, 0.6) is 5.75 Å². The van der Waals surface area contributed by atoms with E-state index in [1.807, 2.05) is 20.8 Å². The lowest BCUT2D eigenvalue weighted by molar-refractivity contribution is -0.118. The minimum absolute atomic E-state index is 0.133. The first-order valence-electron chi connectivity index (χ1n) is 7.98. The summed E-state index contributed by atoms with van der Waals surface area (Å²) in [6.07, 6.45) is 0. The maximum atomic E-state index is 12.1. The molecule has 0 saturated heterocycles. The standard InChI is InChI=1S/C19H21ClN2O3/c1-4-21-19(24)14-6-5-7-15(10-14)22-17(23)11-25-16-8-12(2)18(20)13(3)9-16/h5-10H,4,11H2,1-3H3,(H,21,24)(H,22,23). The average Bonchev–Trinajstić information content (AvgIpc) is 2.58. The Morgan fingerprint density at radius 3 is 2.44 bits per heavy atom. The van der Waals surface area contributed by atoms with Gasteiger partial charge in [0.2, 0.25) is 0 Å². The molecule has 0 heterocycles. The van der Waals surface area contributed by atoms with Gasteiger partial charge in [0.25, 0.3) is 11.8 Å². The van der Waals surface area contributed by atoms with Gasteiger partial charge in [-0.1, -0.05) is 17.7 Å². The number of amides is 2. The summed E-state index contributed by atoms with van der Waals surface area (Å²) in [4.78, 5) is 23.9. The topological polar surface area (TPSA) is 67.4 Å². The van der Waals surface area contributed by atoms with Gasteiger partial charge in [0.15, 0.2) is 6.61 Å². The fourth-order valence-electron chi connectivity index (χ4n) is 2.34. The van der Waals surface area contributed by atoms with Crippen LogP contribution >= 0.6 is 11.6 Å². The maximum absolute atomic E-state index is 12.1. The zero-order chi connectivity index (χ0) is 18.4. The zero-order valence-corrected chi connectivity index (χ0v) is 15.2. The van der Waals surface area contributed by atoms with Crippen molar-refractivity contribution in [3.05, 3.63) is 58.1 Å². The smallest absolute Gasteiger partial charge is 0.262 e. The molecule has 132 valence electrons. The van der Waals surface area contributed by atoms with Crippen LogP contribution in [0.25, 0.3) is 0 Å². The molecule has 6 heteroatoms. The van der Waals surface area contributed by atoms with Gasteiger partial charge in [-0.3, -0.25) is 9.59 Å². The molecule has 2 amide bonds. The molecule has 0 radical (unpaired) electrons. The van der Waals surface area contributed by atoms with Crippen LogP contribution in [0.3, 0.4) is 0 Å². The number of rotatable bonds is 6. The van der Waals surface area contributed by atoms with Crippen LogP contribution in [0.15, 0.2) is 36.4 Å². The van der Waals surface area contributed by atoms with E-state index in [4.69, 9.17) is 16.3 Å². The van der Waals surface area contributed by atoms with Crippen LogP contribution in [0.2, 0.25) is 5.02 Å². The van der Waals surface area contributed by atoms with E-state index in [9.17, 15) is 9.59 Å². The number of nitrogens with one attached hydrogen (secondary N) is 2. The van der Waals surface area contributed by atoms with Crippen molar-refractivity contribution in [3.63, 3.8) is 0 Å². The van der Waals surface area contributed by atoms with Crippen molar-refractivity contribution in [2.45, 2.75) is 20.8 Å². The summed E-state index contributed by atoms with van der Waals surface area (Å²) in [6.45, 7) is 6.03. The highest BCUT2D eigenvalue weighted by Gasteiger charge is 2.09. The van der Waals surface area contributed by atoms with E-state index in [0.29, 0.717) is 28.6 Å². The summed E-state index contributed by atoms with van der Waals surface area (Å²) in [5.41, 5.74) is 2.82. The summed E-state index contributed by atoms with van der Waals surface area (Å²) in [6, 6.07) is 10.3. The lowest BCUT2D eigenvalue weighted by Crippen LogP contribution is -2.23. The fraction of sp³-hybridized carbons (Fsp3) is 0.263. The van der Waals surface area contributed by atoms with Crippen LogP contribution in [-0.4, -0.2) is 25.0 Å². The second-order valence-electron chi connectivity index (χ2n) is 5.65. The number of carbonyl (C=O) groups is 2.